The molecule has 0 spiro atoms. The zero-order valence-corrected chi connectivity index (χ0v) is 16.2. The topological polar surface area (TPSA) is 105 Å². The highest BCUT2D eigenvalue weighted by molar-refractivity contribution is 7.12. The average Bonchev–Trinajstić information content (AvgIpc) is 3.28. The Kier molecular flexibility index (Phi) is 5.57. The van der Waals surface area contributed by atoms with Crippen LogP contribution >= 0.6 is 11.3 Å². The molecule has 2 aromatic rings. The van der Waals surface area contributed by atoms with Crippen LogP contribution in [-0.2, 0) is 4.79 Å². The number of thiophene rings is 1. The molecule has 0 aliphatic carbocycles. The highest BCUT2D eigenvalue weighted by Gasteiger charge is 2.44. The van der Waals surface area contributed by atoms with Crippen LogP contribution in [-0.4, -0.2) is 53.8 Å². The standard InChI is InChI=1S/C19H19N3O5S/c1-20(2)9-10-21-16(12-5-7-13(8-6-12)22(26)27)15(18(24)19(21)25)17(23)14-4-3-11-28-14/h3-8,11,16,24H,9-10H2,1-2H3/p+1/t16-/m1/s1. The molecule has 0 saturated heterocycles. The first-order valence-corrected chi connectivity index (χ1v) is 9.55. The van der Waals surface area contributed by atoms with E-state index in [1.807, 2.05) is 14.1 Å². The fourth-order valence-electron chi connectivity index (χ4n) is 3.13. The van der Waals surface area contributed by atoms with Crippen LogP contribution in [0.1, 0.15) is 21.3 Å². The van der Waals surface area contributed by atoms with Crippen molar-refractivity contribution in [1.82, 2.24) is 4.90 Å². The molecule has 0 fully saturated rings. The van der Waals surface area contributed by atoms with Gasteiger partial charge in [-0.1, -0.05) is 6.07 Å². The van der Waals surface area contributed by atoms with Crippen LogP contribution in [0.5, 0.6) is 0 Å². The summed E-state index contributed by atoms with van der Waals surface area (Å²) in [5, 5.41) is 23.2. The van der Waals surface area contributed by atoms with Gasteiger partial charge < -0.3 is 14.9 Å². The van der Waals surface area contributed by atoms with Crippen LogP contribution < -0.4 is 4.90 Å². The number of aliphatic hydroxyl groups is 1. The van der Waals surface area contributed by atoms with E-state index >= 15 is 0 Å². The number of ketones is 1. The number of carbonyl (C=O) groups is 2. The lowest BCUT2D eigenvalue weighted by atomic mass is 9.95. The predicted octanol–water partition coefficient (Wildman–Crippen LogP) is 1.38. The molecule has 2 N–H and O–H groups in total. The van der Waals surface area contributed by atoms with Crippen molar-refractivity contribution >= 4 is 28.7 Å². The number of hydrogen-bond acceptors (Lipinski definition) is 6. The second-order valence-corrected chi connectivity index (χ2v) is 7.72. The Balaban J connectivity index is 2.05. The van der Waals surface area contributed by atoms with Gasteiger partial charge in [0.05, 0.1) is 48.6 Å². The van der Waals surface area contributed by atoms with Gasteiger partial charge in [-0.05, 0) is 29.1 Å². The van der Waals surface area contributed by atoms with E-state index in [1.165, 1.54) is 40.5 Å². The Morgan fingerprint density at radius 2 is 1.96 bits per heavy atom. The minimum atomic E-state index is -0.790. The monoisotopic (exact) mass is 402 g/mol. The van der Waals surface area contributed by atoms with Crippen molar-refractivity contribution in [3.63, 3.8) is 0 Å². The summed E-state index contributed by atoms with van der Waals surface area (Å²) in [4.78, 5) is 39.1. The predicted molar refractivity (Wildman–Crippen MR) is 104 cm³/mol. The number of hydrogen-bond donors (Lipinski definition) is 2. The normalized spacial score (nSPS) is 16.9. The van der Waals surface area contributed by atoms with E-state index in [0.717, 1.165) is 4.90 Å². The molecule has 146 valence electrons. The zero-order chi connectivity index (χ0) is 20.4. The summed E-state index contributed by atoms with van der Waals surface area (Å²) < 4.78 is 0. The van der Waals surface area contributed by atoms with Crippen LogP contribution in [0, 0.1) is 10.1 Å². The number of amides is 1. The maximum absolute atomic E-state index is 13.0. The summed E-state index contributed by atoms with van der Waals surface area (Å²) in [5.41, 5.74) is 0.461. The minimum absolute atomic E-state index is 0.00931. The van der Waals surface area contributed by atoms with E-state index in [2.05, 4.69) is 0 Å². The summed E-state index contributed by atoms with van der Waals surface area (Å²) in [6.07, 6.45) is 0. The van der Waals surface area contributed by atoms with Crippen molar-refractivity contribution in [2.75, 3.05) is 27.2 Å². The molecule has 0 unspecified atom stereocenters. The lowest BCUT2D eigenvalue weighted by molar-refractivity contribution is -0.857. The average molecular weight is 402 g/mol. The van der Waals surface area contributed by atoms with Gasteiger partial charge >= 0.3 is 0 Å². The summed E-state index contributed by atoms with van der Waals surface area (Å²) >= 11 is 1.23. The van der Waals surface area contributed by atoms with Gasteiger partial charge in [0.15, 0.2) is 5.76 Å². The molecule has 3 rings (SSSR count). The van der Waals surface area contributed by atoms with Crippen LogP contribution in [0.25, 0.3) is 0 Å². The van der Waals surface area contributed by atoms with Crippen LogP contribution in [0.15, 0.2) is 53.1 Å². The fourth-order valence-corrected chi connectivity index (χ4v) is 3.80. The molecular formula is C19H20N3O5S+. The van der Waals surface area contributed by atoms with Crippen LogP contribution in [0.2, 0.25) is 0 Å². The van der Waals surface area contributed by atoms with Crippen molar-refractivity contribution in [3.05, 3.63) is 73.7 Å². The SMILES string of the molecule is C[NH+](C)CCN1C(=O)C(O)=C(C(=O)c2cccs2)[C@H]1c1ccc([N+](=O)[O-])cc1. The van der Waals surface area contributed by atoms with E-state index in [1.54, 1.807) is 17.5 Å². The van der Waals surface area contributed by atoms with Crippen LogP contribution in [0.3, 0.4) is 0 Å². The first-order valence-electron chi connectivity index (χ1n) is 8.67. The molecule has 1 aromatic carbocycles. The van der Waals surface area contributed by atoms with Gasteiger partial charge in [0.25, 0.3) is 11.6 Å². The van der Waals surface area contributed by atoms with Gasteiger partial charge in [-0.25, -0.2) is 0 Å². The smallest absolute Gasteiger partial charge is 0.290 e. The Bertz CT molecular complexity index is 935. The van der Waals surface area contributed by atoms with E-state index in [4.69, 9.17) is 0 Å². The van der Waals surface area contributed by atoms with Crippen molar-refractivity contribution in [3.8, 4) is 0 Å². The Hall–Kier alpha value is -3.04. The number of nitrogens with one attached hydrogen (secondary N) is 1. The van der Waals surface area contributed by atoms with E-state index in [-0.39, 0.29) is 11.3 Å². The zero-order valence-electron chi connectivity index (χ0n) is 15.4. The molecule has 0 saturated carbocycles. The molecule has 28 heavy (non-hydrogen) atoms. The number of quaternary nitrogens is 1. The molecule has 1 aliphatic heterocycles. The van der Waals surface area contributed by atoms with Gasteiger partial charge in [-0.3, -0.25) is 19.7 Å². The number of rotatable bonds is 7. The number of nitro groups is 1. The highest BCUT2D eigenvalue weighted by Crippen LogP contribution is 2.39. The molecule has 0 bridgehead atoms. The molecular weight excluding hydrogens is 382 g/mol. The van der Waals surface area contributed by atoms with Crippen molar-refractivity contribution in [2.24, 2.45) is 0 Å². The molecule has 1 atom stereocenters. The van der Waals surface area contributed by atoms with Gasteiger partial charge in [0, 0.05) is 12.1 Å². The number of benzene rings is 1. The summed E-state index contributed by atoms with van der Waals surface area (Å²) in [5.74, 6) is -1.58. The third-order valence-corrected chi connectivity index (χ3v) is 5.43. The lowest BCUT2D eigenvalue weighted by Gasteiger charge is -2.27. The largest absolute Gasteiger partial charge is 0.503 e. The number of likely N-dealkylation sites (N-methyl/N-ethyl adjacent to an activating group) is 1. The molecule has 2 heterocycles. The van der Waals surface area contributed by atoms with Gasteiger partial charge in [0.2, 0.25) is 5.78 Å². The Labute approximate surface area is 165 Å². The third-order valence-electron chi connectivity index (χ3n) is 4.57. The van der Waals surface area contributed by atoms with Crippen molar-refractivity contribution in [1.29, 1.82) is 0 Å². The molecule has 1 amide bonds. The summed E-state index contributed by atoms with van der Waals surface area (Å²) in [7, 11) is 3.87. The van der Waals surface area contributed by atoms with E-state index < -0.39 is 28.4 Å². The molecule has 0 radical (unpaired) electrons. The van der Waals surface area contributed by atoms with Gasteiger partial charge in [-0.2, -0.15) is 0 Å². The van der Waals surface area contributed by atoms with Crippen molar-refractivity contribution in [2.45, 2.75) is 6.04 Å². The number of Topliss-reactive ketones (excluding diaryl/α,β-unsaturated/α-hetero) is 1. The summed E-state index contributed by atoms with van der Waals surface area (Å²) in [6.45, 7) is 0.942. The van der Waals surface area contributed by atoms with E-state index in [0.29, 0.717) is 23.5 Å². The maximum atomic E-state index is 13.0. The number of carbonyl (C=O) groups excluding carboxylic acids is 2. The second-order valence-electron chi connectivity index (χ2n) is 6.78. The Morgan fingerprint density at radius 1 is 1.29 bits per heavy atom. The number of nitrogens with zero attached hydrogens (tertiary/aromatic N) is 2. The molecule has 1 aliphatic rings. The summed E-state index contributed by atoms with van der Waals surface area (Å²) in [6, 6.07) is 8.27. The molecule has 8 nitrogen and oxygen atoms in total. The quantitative estimate of drug-likeness (QED) is 0.414. The van der Waals surface area contributed by atoms with Crippen LogP contribution in [0.4, 0.5) is 5.69 Å². The van der Waals surface area contributed by atoms with E-state index in [9.17, 15) is 24.8 Å². The molecule has 1 aromatic heterocycles. The maximum Gasteiger partial charge on any atom is 0.290 e. The van der Waals surface area contributed by atoms with Gasteiger partial charge in [-0.15, -0.1) is 11.3 Å². The number of non-ortho nitro benzene ring substituents is 1. The number of aliphatic hydroxyl groups excluding tert-OH is 1. The first kappa shape index (κ1) is 19.7. The Morgan fingerprint density at radius 3 is 2.50 bits per heavy atom. The minimum Gasteiger partial charge on any atom is -0.503 e. The third kappa shape index (κ3) is 3.67. The fraction of sp³-hybridized carbons (Fsp3) is 0.263. The van der Waals surface area contributed by atoms with Crippen molar-refractivity contribution < 1.29 is 24.5 Å². The highest BCUT2D eigenvalue weighted by atomic mass is 32.1. The second kappa shape index (κ2) is 7.91. The number of nitro benzene ring substituents is 1. The molecule has 9 heteroatoms. The van der Waals surface area contributed by atoms with Gasteiger partial charge in [0.1, 0.15) is 0 Å². The first-order chi connectivity index (χ1) is 13.3. The lowest BCUT2D eigenvalue weighted by Crippen LogP contribution is -3.06.